The van der Waals surface area contributed by atoms with Crippen molar-refractivity contribution in [3.63, 3.8) is 0 Å². The van der Waals surface area contributed by atoms with Crippen molar-refractivity contribution >= 4 is 5.91 Å². The maximum atomic E-state index is 13.0. The Hall–Kier alpha value is -0.570. The highest BCUT2D eigenvalue weighted by atomic mass is 16.2. The van der Waals surface area contributed by atoms with E-state index in [2.05, 4.69) is 11.8 Å². The van der Waals surface area contributed by atoms with Gasteiger partial charge in [0.1, 0.15) is 0 Å². The monoisotopic (exact) mass is 266 g/mol. The first-order chi connectivity index (χ1) is 9.23. The van der Waals surface area contributed by atoms with Crippen molar-refractivity contribution in [1.82, 2.24) is 4.90 Å². The van der Waals surface area contributed by atoms with Gasteiger partial charge >= 0.3 is 0 Å². The number of carbonyl (C=O) groups is 1. The molecule has 0 unspecified atom stereocenters. The van der Waals surface area contributed by atoms with Gasteiger partial charge in [-0.05, 0) is 32.6 Å². The number of rotatable bonds is 4. The lowest BCUT2D eigenvalue weighted by Crippen LogP contribution is -2.52. The summed E-state index contributed by atoms with van der Waals surface area (Å²) in [4.78, 5) is 15.2. The Balaban J connectivity index is 2.09. The van der Waals surface area contributed by atoms with E-state index in [1.54, 1.807) is 0 Å². The lowest BCUT2D eigenvalue weighted by atomic mass is 9.72. The lowest BCUT2D eigenvalue weighted by molar-refractivity contribution is -0.146. The Bertz CT molecular complexity index is 291. The molecule has 3 heteroatoms. The molecule has 2 rings (SSSR count). The highest BCUT2D eigenvalue weighted by Crippen LogP contribution is 2.38. The van der Waals surface area contributed by atoms with Crippen molar-refractivity contribution in [2.75, 3.05) is 13.1 Å². The standard InChI is InChI=1S/C16H30N2O/c1-2-18(14-9-5-3-6-10-14)15(19)16(13-17)11-7-4-8-12-16/h14H,2-13,17H2,1H3. The van der Waals surface area contributed by atoms with E-state index >= 15 is 0 Å². The Morgan fingerprint density at radius 2 is 1.68 bits per heavy atom. The van der Waals surface area contributed by atoms with Crippen molar-refractivity contribution < 1.29 is 4.79 Å². The molecule has 0 bridgehead atoms. The van der Waals surface area contributed by atoms with Crippen LogP contribution in [0.15, 0.2) is 0 Å². The predicted octanol–water partition coefficient (Wildman–Crippen LogP) is 3.08. The SMILES string of the molecule is CCN(C(=O)C1(CN)CCCCC1)C1CCCCC1. The second-order valence-corrected chi connectivity index (χ2v) is 6.43. The Morgan fingerprint density at radius 3 is 2.21 bits per heavy atom. The fourth-order valence-corrected chi connectivity index (χ4v) is 4.00. The maximum Gasteiger partial charge on any atom is 0.230 e. The van der Waals surface area contributed by atoms with Crippen LogP contribution in [0.1, 0.15) is 71.1 Å². The van der Waals surface area contributed by atoms with E-state index in [1.807, 2.05) is 0 Å². The van der Waals surface area contributed by atoms with Crippen LogP contribution in [-0.2, 0) is 4.79 Å². The van der Waals surface area contributed by atoms with Gasteiger partial charge in [-0.3, -0.25) is 4.79 Å². The van der Waals surface area contributed by atoms with Crippen molar-refractivity contribution in [2.45, 2.75) is 77.2 Å². The molecule has 0 atom stereocenters. The topological polar surface area (TPSA) is 46.3 Å². The normalized spacial score (nSPS) is 24.1. The minimum Gasteiger partial charge on any atom is -0.339 e. The summed E-state index contributed by atoms with van der Waals surface area (Å²) in [6.45, 7) is 3.51. The molecular formula is C16H30N2O. The van der Waals surface area contributed by atoms with E-state index in [0.29, 0.717) is 18.5 Å². The molecule has 110 valence electrons. The zero-order valence-electron chi connectivity index (χ0n) is 12.5. The highest BCUT2D eigenvalue weighted by Gasteiger charge is 2.42. The molecule has 0 heterocycles. The molecule has 0 aromatic rings. The number of nitrogens with two attached hydrogens (primary N) is 1. The van der Waals surface area contributed by atoms with Gasteiger partial charge < -0.3 is 10.6 Å². The fraction of sp³-hybridized carbons (Fsp3) is 0.938. The third-order valence-electron chi connectivity index (χ3n) is 5.27. The van der Waals surface area contributed by atoms with Gasteiger partial charge in [-0.25, -0.2) is 0 Å². The van der Waals surface area contributed by atoms with Gasteiger partial charge in [-0.2, -0.15) is 0 Å². The number of carbonyl (C=O) groups excluding carboxylic acids is 1. The first-order valence-electron chi connectivity index (χ1n) is 8.24. The predicted molar refractivity (Wildman–Crippen MR) is 78.8 cm³/mol. The molecule has 0 aromatic heterocycles. The van der Waals surface area contributed by atoms with Crippen LogP contribution in [0.3, 0.4) is 0 Å². The summed E-state index contributed by atoms with van der Waals surface area (Å²) in [5, 5.41) is 0. The van der Waals surface area contributed by atoms with Crippen LogP contribution in [-0.4, -0.2) is 29.9 Å². The molecule has 2 saturated carbocycles. The van der Waals surface area contributed by atoms with Gasteiger partial charge in [0, 0.05) is 19.1 Å². The van der Waals surface area contributed by atoms with Crippen LogP contribution < -0.4 is 5.73 Å². The van der Waals surface area contributed by atoms with Gasteiger partial charge in [-0.15, -0.1) is 0 Å². The molecule has 2 aliphatic rings. The van der Waals surface area contributed by atoms with E-state index in [4.69, 9.17) is 5.73 Å². The van der Waals surface area contributed by atoms with Crippen LogP contribution in [0.5, 0.6) is 0 Å². The minimum absolute atomic E-state index is 0.230. The molecule has 2 aliphatic carbocycles. The van der Waals surface area contributed by atoms with E-state index in [-0.39, 0.29) is 5.41 Å². The summed E-state index contributed by atoms with van der Waals surface area (Å²) in [6, 6.07) is 0.483. The van der Waals surface area contributed by atoms with Gasteiger partial charge in [0.15, 0.2) is 0 Å². The Labute approximate surface area is 117 Å². The number of hydrogen-bond donors (Lipinski definition) is 1. The first-order valence-corrected chi connectivity index (χ1v) is 8.24. The third kappa shape index (κ3) is 3.13. The molecule has 1 amide bonds. The number of hydrogen-bond acceptors (Lipinski definition) is 2. The summed E-state index contributed by atoms with van der Waals surface area (Å²) in [5.74, 6) is 0.365. The molecule has 19 heavy (non-hydrogen) atoms. The summed E-state index contributed by atoms with van der Waals surface area (Å²) < 4.78 is 0. The molecule has 0 aromatic carbocycles. The highest BCUT2D eigenvalue weighted by molar-refractivity contribution is 5.83. The first kappa shape index (κ1) is 14.8. The van der Waals surface area contributed by atoms with Gasteiger partial charge in [0.25, 0.3) is 0 Å². The van der Waals surface area contributed by atoms with Crippen molar-refractivity contribution in [3.8, 4) is 0 Å². The average molecular weight is 266 g/mol. The van der Waals surface area contributed by atoms with Crippen molar-refractivity contribution in [3.05, 3.63) is 0 Å². The molecule has 0 saturated heterocycles. The Kier molecular flexibility index (Phi) is 5.26. The Morgan fingerprint density at radius 1 is 1.11 bits per heavy atom. The van der Waals surface area contributed by atoms with Gasteiger partial charge in [0.05, 0.1) is 5.41 Å². The molecule has 2 N–H and O–H groups in total. The summed E-state index contributed by atoms with van der Waals surface area (Å²) in [6.07, 6.45) is 11.9. The largest absolute Gasteiger partial charge is 0.339 e. The lowest BCUT2D eigenvalue weighted by Gasteiger charge is -2.42. The van der Waals surface area contributed by atoms with Crippen molar-refractivity contribution in [2.24, 2.45) is 11.1 Å². The smallest absolute Gasteiger partial charge is 0.230 e. The number of nitrogens with zero attached hydrogens (tertiary/aromatic N) is 1. The molecule has 0 spiro atoms. The third-order valence-corrected chi connectivity index (χ3v) is 5.27. The minimum atomic E-state index is -0.230. The van der Waals surface area contributed by atoms with E-state index < -0.39 is 0 Å². The van der Waals surface area contributed by atoms with Gasteiger partial charge in [-0.1, -0.05) is 38.5 Å². The fourth-order valence-electron chi connectivity index (χ4n) is 4.00. The second kappa shape index (κ2) is 6.74. The van der Waals surface area contributed by atoms with Crippen LogP contribution in [0.4, 0.5) is 0 Å². The van der Waals surface area contributed by atoms with E-state index in [1.165, 1.54) is 51.4 Å². The summed E-state index contributed by atoms with van der Waals surface area (Å²) >= 11 is 0. The van der Waals surface area contributed by atoms with Crippen LogP contribution in [0.25, 0.3) is 0 Å². The summed E-state index contributed by atoms with van der Waals surface area (Å²) in [7, 11) is 0. The molecule has 0 aliphatic heterocycles. The van der Waals surface area contributed by atoms with Crippen LogP contribution in [0, 0.1) is 5.41 Å². The van der Waals surface area contributed by atoms with Crippen molar-refractivity contribution in [1.29, 1.82) is 0 Å². The quantitative estimate of drug-likeness (QED) is 0.850. The van der Waals surface area contributed by atoms with E-state index in [9.17, 15) is 4.79 Å². The molecular weight excluding hydrogens is 236 g/mol. The zero-order chi connectivity index (χ0) is 13.7. The molecule has 2 fully saturated rings. The molecule has 0 radical (unpaired) electrons. The van der Waals surface area contributed by atoms with E-state index in [0.717, 1.165) is 19.4 Å². The van der Waals surface area contributed by atoms with Crippen LogP contribution in [0.2, 0.25) is 0 Å². The second-order valence-electron chi connectivity index (χ2n) is 6.43. The zero-order valence-corrected chi connectivity index (χ0v) is 12.5. The number of amides is 1. The molecule has 3 nitrogen and oxygen atoms in total. The average Bonchev–Trinajstić information content (AvgIpc) is 2.49. The van der Waals surface area contributed by atoms with Crippen LogP contribution >= 0.6 is 0 Å². The van der Waals surface area contributed by atoms with Gasteiger partial charge in [0.2, 0.25) is 5.91 Å². The maximum absolute atomic E-state index is 13.0. The summed E-state index contributed by atoms with van der Waals surface area (Å²) in [5.41, 5.74) is 5.78.